The van der Waals surface area contributed by atoms with Crippen molar-refractivity contribution in [1.29, 1.82) is 0 Å². The van der Waals surface area contributed by atoms with Gasteiger partial charge in [-0.2, -0.15) is 0 Å². The van der Waals surface area contributed by atoms with Gasteiger partial charge in [-0.25, -0.2) is 0 Å². The first kappa shape index (κ1) is 15.5. The molecule has 0 aliphatic carbocycles. The van der Waals surface area contributed by atoms with E-state index in [0.717, 1.165) is 5.70 Å². The van der Waals surface area contributed by atoms with Crippen molar-refractivity contribution in [3.63, 3.8) is 0 Å². The Balaban J connectivity index is 2.11. The van der Waals surface area contributed by atoms with Gasteiger partial charge in [0.25, 0.3) is 0 Å². The smallest absolute Gasteiger partial charge is 0.175 e. The van der Waals surface area contributed by atoms with Gasteiger partial charge in [-0.1, -0.05) is 11.6 Å². The van der Waals surface area contributed by atoms with Crippen LogP contribution in [-0.2, 0) is 0 Å². The van der Waals surface area contributed by atoms with Crippen LogP contribution in [0.1, 0.15) is 0 Å². The van der Waals surface area contributed by atoms with E-state index in [1.54, 1.807) is 26.4 Å². The molecule has 0 saturated carbocycles. The number of methoxy groups -OCH3 is 2. The van der Waals surface area contributed by atoms with E-state index in [0.29, 0.717) is 33.9 Å². The standard InChI is InChI=1S/C14H16ClN3O2S/c1-19-12-7-13(20-2)11(6-10(12)15)18-14(21)17-9-4-3-5-16-8-9/h3-7,16H,8H2,1-2H3,(H2,17,18,21). The number of thiocarbonyl (C=S) groups is 1. The molecule has 3 N–H and O–H groups in total. The number of allylic oxidation sites excluding steroid dienone is 2. The van der Waals surface area contributed by atoms with E-state index >= 15 is 0 Å². The fourth-order valence-electron chi connectivity index (χ4n) is 1.80. The Morgan fingerprint density at radius 2 is 2.00 bits per heavy atom. The molecule has 0 aromatic heterocycles. The predicted octanol–water partition coefficient (Wildman–Crippen LogP) is 2.64. The third-order valence-corrected chi connectivity index (χ3v) is 3.30. The Labute approximate surface area is 134 Å². The molecule has 0 fully saturated rings. The van der Waals surface area contributed by atoms with E-state index < -0.39 is 0 Å². The number of halogens is 1. The van der Waals surface area contributed by atoms with Gasteiger partial charge in [-0.15, -0.1) is 0 Å². The molecule has 1 heterocycles. The zero-order valence-electron chi connectivity index (χ0n) is 11.7. The second kappa shape index (κ2) is 7.19. The van der Waals surface area contributed by atoms with Gasteiger partial charge in [0, 0.05) is 11.8 Å². The van der Waals surface area contributed by atoms with E-state index in [2.05, 4.69) is 16.0 Å². The molecule has 1 aliphatic heterocycles. The maximum Gasteiger partial charge on any atom is 0.175 e. The first-order chi connectivity index (χ1) is 10.1. The predicted molar refractivity (Wildman–Crippen MR) is 89.1 cm³/mol. The molecule has 0 unspecified atom stereocenters. The Hall–Kier alpha value is -1.92. The summed E-state index contributed by atoms with van der Waals surface area (Å²) >= 11 is 11.4. The van der Waals surface area contributed by atoms with Crippen molar-refractivity contribution in [2.75, 3.05) is 26.1 Å². The van der Waals surface area contributed by atoms with E-state index in [1.807, 2.05) is 18.4 Å². The summed E-state index contributed by atoms with van der Waals surface area (Å²) in [4.78, 5) is 0. The number of dihydropyridines is 1. The van der Waals surface area contributed by atoms with Crippen molar-refractivity contribution in [3.05, 3.63) is 41.2 Å². The summed E-state index contributed by atoms with van der Waals surface area (Å²) in [5.74, 6) is 1.14. The fourth-order valence-corrected chi connectivity index (χ4v) is 2.28. The van der Waals surface area contributed by atoms with Crippen molar-refractivity contribution < 1.29 is 9.47 Å². The number of anilines is 1. The van der Waals surface area contributed by atoms with E-state index in [4.69, 9.17) is 33.3 Å². The highest BCUT2D eigenvalue weighted by molar-refractivity contribution is 7.80. The van der Waals surface area contributed by atoms with Crippen LogP contribution in [0.25, 0.3) is 0 Å². The Morgan fingerprint density at radius 1 is 1.24 bits per heavy atom. The van der Waals surface area contributed by atoms with Gasteiger partial charge in [0.1, 0.15) is 11.5 Å². The maximum absolute atomic E-state index is 6.12. The molecule has 1 aliphatic rings. The molecule has 0 radical (unpaired) electrons. The molecule has 0 spiro atoms. The summed E-state index contributed by atoms with van der Waals surface area (Å²) in [5.41, 5.74) is 1.63. The summed E-state index contributed by atoms with van der Waals surface area (Å²) in [6.07, 6.45) is 5.72. The third kappa shape index (κ3) is 4.03. The molecule has 1 aromatic carbocycles. The molecule has 0 bridgehead atoms. The first-order valence-corrected chi connectivity index (χ1v) is 7.01. The van der Waals surface area contributed by atoms with Gasteiger partial charge in [0.05, 0.1) is 31.5 Å². The van der Waals surface area contributed by atoms with Crippen molar-refractivity contribution in [2.45, 2.75) is 0 Å². The van der Waals surface area contributed by atoms with Crippen LogP contribution < -0.4 is 25.4 Å². The van der Waals surface area contributed by atoms with Gasteiger partial charge in [0.2, 0.25) is 0 Å². The fraction of sp³-hybridized carbons (Fsp3) is 0.214. The summed E-state index contributed by atoms with van der Waals surface area (Å²) in [5, 5.41) is 10.2. The second-order valence-electron chi connectivity index (χ2n) is 4.20. The first-order valence-electron chi connectivity index (χ1n) is 6.22. The van der Waals surface area contributed by atoms with Crippen LogP contribution in [0.15, 0.2) is 36.2 Å². The Bertz CT molecular complexity index is 602. The molecule has 7 heteroatoms. The van der Waals surface area contributed by atoms with Crippen LogP contribution in [0.3, 0.4) is 0 Å². The van der Waals surface area contributed by atoms with Crippen LogP contribution in [0.4, 0.5) is 5.69 Å². The number of ether oxygens (including phenoxy) is 2. The number of rotatable bonds is 4. The van der Waals surface area contributed by atoms with Crippen LogP contribution in [0.2, 0.25) is 5.02 Å². The zero-order valence-corrected chi connectivity index (χ0v) is 13.3. The lowest BCUT2D eigenvalue weighted by Gasteiger charge is -2.17. The Kier molecular flexibility index (Phi) is 5.30. The molecule has 1 aromatic rings. The van der Waals surface area contributed by atoms with Crippen molar-refractivity contribution in [2.24, 2.45) is 0 Å². The highest BCUT2D eigenvalue weighted by Crippen LogP contribution is 2.35. The van der Waals surface area contributed by atoms with Gasteiger partial charge in [-0.05, 0) is 36.6 Å². The van der Waals surface area contributed by atoms with Crippen molar-refractivity contribution in [1.82, 2.24) is 10.6 Å². The highest BCUT2D eigenvalue weighted by Gasteiger charge is 2.11. The monoisotopic (exact) mass is 325 g/mol. The molecule has 2 rings (SSSR count). The van der Waals surface area contributed by atoms with Gasteiger partial charge in [-0.3, -0.25) is 0 Å². The van der Waals surface area contributed by atoms with Crippen LogP contribution in [0, 0.1) is 0 Å². The largest absolute Gasteiger partial charge is 0.495 e. The zero-order chi connectivity index (χ0) is 15.2. The summed E-state index contributed by atoms with van der Waals surface area (Å²) in [6, 6.07) is 3.41. The number of hydrogen-bond acceptors (Lipinski definition) is 4. The molecule has 112 valence electrons. The normalized spacial score (nSPS) is 13.0. The maximum atomic E-state index is 6.12. The highest BCUT2D eigenvalue weighted by atomic mass is 35.5. The van der Waals surface area contributed by atoms with Crippen LogP contribution in [0.5, 0.6) is 11.5 Å². The van der Waals surface area contributed by atoms with E-state index in [-0.39, 0.29) is 0 Å². The third-order valence-electron chi connectivity index (χ3n) is 2.80. The van der Waals surface area contributed by atoms with E-state index in [1.165, 1.54) is 0 Å². The molecule has 21 heavy (non-hydrogen) atoms. The van der Waals surface area contributed by atoms with Gasteiger partial charge in [0.15, 0.2) is 5.11 Å². The number of nitrogens with one attached hydrogen (secondary N) is 3. The quantitative estimate of drug-likeness (QED) is 0.740. The summed E-state index contributed by atoms with van der Waals surface area (Å²) in [7, 11) is 3.12. The number of benzene rings is 1. The molecule has 0 atom stereocenters. The summed E-state index contributed by atoms with van der Waals surface area (Å²) in [6.45, 7) is 0.693. The molecular weight excluding hydrogens is 310 g/mol. The van der Waals surface area contributed by atoms with E-state index in [9.17, 15) is 0 Å². The summed E-state index contributed by atoms with van der Waals surface area (Å²) < 4.78 is 10.5. The lowest BCUT2D eigenvalue weighted by atomic mass is 10.2. The lowest BCUT2D eigenvalue weighted by Crippen LogP contribution is -2.32. The van der Waals surface area contributed by atoms with Crippen LogP contribution >= 0.6 is 23.8 Å². The second-order valence-corrected chi connectivity index (χ2v) is 5.01. The topological polar surface area (TPSA) is 54.6 Å². The minimum atomic E-state index is 0.456. The average molecular weight is 326 g/mol. The van der Waals surface area contributed by atoms with Gasteiger partial charge < -0.3 is 25.4 Å². The van der Waals surface area contributed by atoms with Crippen molar-refractivity contribution in [3.8, 4) is 11.5 Å². The SMILES string of the molecule is COc1cc(OC)c(NC(=S)NC2=CC=CNC2)cc1Cl. The minimum absolute atomic E-state index is 0.456. The average Bonchev–Trinajstić information content (AvgIpc) is 2.48. The minimum Gasteiger partial charge on any atom is -0.495 e. The van der Waals surface area contributed by atoms with Gasteiger partial charge >= 0.3 is 0 Å². The lowest BCUT2D eigenvalue weighted by molar-refractivity contribution is 0.396. The Morgan fingerprint density at radius 3 is 2.62 bits per heavy atom. The molecule has 0 saturated heterocycles. The van der Waals surface area contributed by atoms with Crippen molar-refractivity contribution >= 4 is 34.6 Å². The molecule has 0 amide bonds. The van der Waals surface area contributed by atoms with Crippen LogP contribution in [-0.4, -0.2) is 25.9 Å². The number of hydrogen-bond donors (Lipinski definition) is 3. The molecular formula is C14H16ClN3O2S. The molecule has 5 nitrogen and oxygen atoms in total.